The molecule has 0 aliphatic carbocycles. The summed E-state index contributed by atoms with van der Waals surface area (Å²) in [5.74, 6) is 1.96. The van der Waals surface area contributed by atoms with Crippen LogP contribution in [0.15, 0.2) is 24.3 Å². The van der Waals surface area contributed by atoms with Gasteiger partial charge in [-0.25, -0.2) is 4.79 Å². The van der Waals surface area contributed by atoms with E-state index in [1.807, 2.05) is 43.1 Å². The highest BCUT2D eigenvalue weighted by molar-refractivity contribution is 8.00. The van der Waals surface area contributed by atoms with E-state index in [4.69, 9.17) is 4.74 Å². The van der Waals surface area contributed by atoms with Crippen molar-refractivity contribution < 1.29 is 14.3 Å². The number of benzene rings is 1. The minimum atomic E-state index is -0.0420. The van der Waals surface area contributed by atoms with Crippen molar-refractivity contribution in [2.75, 3.05) is 19.9 Å². The van der Waals surface area contributed by atoms with Crippen LogP contribution in [0.2, 0.25) is 0 Å². The number of amides is 3. The number of carbonyl (C=O) groups excluding carboxylic acids is 2. The molecule has 2 fully saturated rings. The summed E-state index contributed by atoms with van der Waals surface area (Å²) in [5, 5.41) is 6.44. The number of unbranched alkanes of at least 4 members (excludes halogenated alkanes) is 1. The van der Waals surface area contributed by atoms with Crippen molar-refractivity contribution in [1.29, 1.82) is 0 Å². The number of rotatable bonds is 8. The van der Waals surface area contributed by atoms with Gasteiger partial charge in [-0.1, -0.05) is 18.6 Å². The van der Waals surface area contributed by atoms with Crippen molar-refractivity contribution >= 4 is 23.7 Å². The standard InChI is InChI=1S/C19H27N3O3S/c1-22(11-13-6-5-7-14(10-13)25-2)17(23)9-4-3-8-16-18-15(12-26-16)20-19(24)21-18/h5-7,10,15-16,18H,3-4,8-9,11-12H2,1-2H3,(H2,20,21,24)/t15-,16-,18-/m0/s1. The Morgan fingerprint density at radius 1 is 1.35 bits per heavy atom. The van der Waals surface area contributed by atoms with E-state index >= 15 is 0 Å². The molecule has 7 heteroatoms. The molecular formula is C19H27N3O3S. The zero-order valence-electron chi connectivity index (χ0n) is 15.4. The highest BCUT2D eigenvalue weighted by Crippen LogP contribution is 2.33. The Labute approximate surface area is 159 Å². The van der Waals surface area contributed by atoms with Gasteiger partial charge in [0.2, 0.25) is 5.91 Å². The van der Waals surface area contributed by atoms with Gasteiger partial charge < -0.3 is 20.3 Å². The first kappa shape index (κ1) is 18.9. The molecular weight excluding hydrogens is 350 g/mol. The normalized spacial score (nSPS) is 23.9. The molecule has 3 amide bonds. The minimum Gasteiger partial charge on any atom is -0.497 e. The predicted octanol–water partition coefficient (Wildman–Crippen LogP) is 2.38. The maximum Gasteiger partial charge on any atom is 0.315 e. The van der Waals surface area contributed by atoms with Crippen LogP contribution in [-0.4, -0.2) is 54.1 Å². The molecule has 2 N–H and O–H groups in total. The zero-order chi connectivity index (χ0) is 18.5. The Bertz CT molecular complexity index is 655. The van der Waals surface area contributed by atoms with Crippen LogP contribution in [0.1, 0.15) is 31.2 Å². The number of urea groups is 1. The molecule has 6 nitrogen and oxygen atoms in total. The van der Waals surface area contributed by atoms with E-state index in [9.17, 15) is 9.59 Å². The number of nitrogens with zero attached hydrogens (tertiary/aromatic N) is 1. The molecule has 26 heavy (non-hydrogen) atoms. The Balaban J connectivity index is 1.36. The van der Waals surface area contributed by atoms with Crippen LogP contribution in [0, 0.1) is 0 Å². The molecule has 0 saturated carbocycles. The average Bonchev–Trinajstić information content (AvgIpc) is 3.18. The lowest BCUT2D eigenvalue weighted by molar-refractivity contribution is -0.130. The summed E-state index contributed by atoms with van der Waals surface area (Å²) in [7, 11) is 3.49. The lowest BCUT2D eigenvalue weighted by atomic mass is 10.0. The van der Waals surface area contributed by atoms with E-state index in [1.54, 1.807) is 12.0 Å². The molecule has 0 radical (unpaired) electrons. The first-order valence-electron chi connectivity index (χ1n) is 9.12. The van der Waals surface area contributed by atoms with Crippen LogP contribution in [0.5, 0.6) is 5.75 Å². The Morgan fingerprint density at radius 3 is 3.00 bits per heavy atom. The molecule has 142 valence electrons. The van der Waals surface area contributed by atoms with Gasteiger partial charge in [-0.2, -0.15) is 11.8 Å². The third-order valence-corrected chi connectivity index (χ3v) is 6.56. The molecule has 3 rings (SSSR count). The number of carbonyl (C=O) groups is 2. The third kappa shape index (κ3) is 4.63. The second-order valence-corrected chi connectivity index (χ2v) is 8.24. The number of nitrogens with one attached hydrogen (secondary N) is 2. The Hall–Kier alpha value is -1.89. The van der Waals surface area contributed by atoms with Gasteiger partial charge in [0.25, 0.3) is 0 Å². The summed E-state index contributed by atoms with van der Waals surface area (Å²) >= 11 is 1.92. The quantitative estimate of drug-likeness (QED) is 0.539. The van der Waals surface area contributed by atoms with E-state index in [2.05, 4.69) is 10.6 Å². The van der Waals surface area contributed by atoms with Crippen LogP contribution in [-0.2, 0) is 11.3 Å². The number of ether oxygens (including phenoxy) is 1. The number of hydrogen-bond donors (Lipinski definition) is 2. The number of thioether (sulfide) groups is 1. The topological polar surface area (TPSA) is 70.7 Å². The fourth-order valence-corrected chi connectivity index (χ4v) is 5.13. The third-order valence-electron chi connectivity index (χ3n) is 5.05. The van der Waals surface area contributed by atoms with Crippen molar-refractivity contribution in [2.24, 2.45) is 0 Å². The maximum atomic E-state index is 12.3. The van der Waals surface area contributed by atoms with Crippen LogP contribution >= 0.6 is 11.8 Å². The van der Waals surface area contributed by atoms with Gasteiger partial charge in [0.1, 0.15) is 5.75 Å². The minimum absolute atomic E-state index is 0.0420. The first-order chi connectivity index (χ1) is 12.6. The van der Waals surface area contributed by atoms with Crippen LogP contribution in [0.25, 0.3) is 0 Å². The molecule has 2 saturated heterocycles. The SMILES string of the molecule is COc1cccc(CN(C)C(=O)CCCC[C@@H]2SC[C@@H]3NC(=O)N[C@@H]32)c1. The Kier molecular flexibility index (Phi) is 6.29. The predicted molar refractivity (Wildman–Crippen MR) is 103 cm³/mol. The first-order valence-corrected chi connectivity index (χ1v) is 10.2. The second kappa shape index (κ2) is 8.66. The highest BCUT2D eigenvalue weighted by atomic mass is 32.2. The lowest BCUT2D eigenvalue weighted by Gasteiger charge is -2.19. The van der Waals surface area contributed by atoms with E-state index in [0.29, 0.717) is 18.2 Å². The fourth-order valence-electron chi connectivity index (χ4n) is 3.59. The molecule has 3 atom stereocenters. The number of fused-ring (bicyclic) bond motifs is 1. The summed E-state index contributed by atoms with van der Waals surface area (Å²) in [5.41, 5.74) is 1.07. The zero-order valence-corrected chi connectivity index (χ0v) is 16.2. The van der Waals surface area contributed by atoms with Gasteiger partial charge in [0.05, 0.1) is 19.2 Å². The van der Waals surface area contributed by atoms with Crippen molar-refractivity contribution in [2.45, 2.75) is 49.6 Å². The van der Waals surface area contributed by atoms with Crippen molar-refractivity contribution in [3.05, 3.63) is 29.8 Å². The van der Waals surface area contributed by atoms with E-state index in [-0.39, 0.29) is 24.0 Å². The lowest BCUT2D eigenvalue weighted by Crippen LogP contribution is -2.36. The van der Waals surface area contributed by atoms with Gasteiger partial charge in [-0.05, 0) is 30.5 Å². The van der Waals surface area contributed by atoms with Crippen LogP contribution in [0.3, 0.4) is 0 Å². The molecule has 0 aromatic heterocycles. The van der Waals surface area contributed by atoms with E-state index in [0.717, 1.165) is 36.3 Å². The van der Waals surface area contributed by atoms with Crippen molar-refractivity contribution in [3.63, 3.8) is 0 Å². The van der Waals surface area contributed by atoms with Crippen molar-refractivity contribution in [1.82, 2.24) is 15.5 Å². The van der Waals surface area contributed by atoms with Crippen LogP contribution in [0.4, 0.5) is 4.79 Å². The number of methoxy groups -OCH3 is 1. The molecule has 0 bridgehead atoms. The second-order valence-electron chi connectivity index (χ2n) is 6.97. The van der Waals surface area contributed by atoms with Gasteiger partial charge in [-0.15, -0.1) is 0 Å². The highest BCUT2D eigenvalue weighted by Gasteiger charge is 2.42. The molecule has 2 heterocycles. The van der Waals surface area contributed by atoms with E-state index < -0.39 is 0 Å². The fraction of sp³-hybridized carbons (Fsp3) is 0.579. The summed E-state index contributed by atoms with van der Waals surface area (Å²) in [6, 6.07) is 8.28. The van der Waals surface area contributed by atoms with Gasteiger partial charge in [0.15, 0.2) is 0 Å². The molecule has 2 aliphatic heterocycles. The van der Waals surface area contributed by atoms with Crippen LogP contribution < -0.4 is 15.4 Å². The molecule has 1 aromatic carbocycles. The average molecular weight is 378 g/mol. The monoisotopic (exact) mass is 377 g/mol. The summed E-state index contributed by atoms with van der Waals surface area (Å²) in [6.45, 7) is 0.593. The summed E-state index contributed by atoms with van der Waals surface area (Å²) < 4.78 is 5.23. The molecule has 0 unspecified atom stereocenters. The molecule has 1 aromatic rings. The Morgan fingerprint density at radius 2 is 2.19 bits per heavy atom. The smallest absolute Gasteiger partial charge is 0.315 e. The molecule has 0 spiro atoms. The van der Waals surface area contributed by atoms with Gasteiger partial charge in [-0.3, -0.25) is 4.79 Å². The van der Waals surface area contributed by atoms with Crippen molar-refractivity contribution in [3.8, 4) is 5.75 Å². The molecule has 2 aliphatic rings. The summed E-state index contributed by atoms with van der Waals surface area (Å²) in [4.78, 5) is 25.5. The van der Waals surface area contributed by atoms with E-state index in [1.165, 1.54) is 0 Å². The van der Waals surface area contributed by atoms with Gasteiger partial charge in [0, 0.05) is 31.0 Å². The van der Waals surface area contributed by atoms with Gasteiger partial charge >= 0.3 is 6.03 Å². The largest absolute Gasteiger partial charge is 0.497 e. The number of hydrogen-bond acceptors (Lipinski definition) is 4. The maximum absolute atomic E-state index is 12.3. The summed E-state index contributed by atoms with van der Waals surface area (Å²) in [6.07, 6.45) is 3.50.